The van der Waals surface area contributed by atoms with Crippen molar-refractivity contribution in [3.8, 4) is 22.6 Å². The quantitative estimate of drug-likeness (QED) is 0.407. The summed E-state index contributed by atoms with van der Waals surface area (Å²) in [6.07, 6.45) is 2.14. The number of nitrogens with zero attached hydrogens (tertiary/aromatic N) is 1. The molecule has 2 aliphatic heterocycles. The highest BCUT2D eigenvalue weighted by Crippen LogP contribution is 2.46. The third-order valence-electron chi connectivity index (χ3n) is 7.03. The van der Waals surface area contributed by atoms with E-state index in [0.29, 0.717) is 24.8 Å². The van der Waals surface area contributed by atoms with Crippen LogP contribution in [0.1, 0.15) is 30.4 Å². The van der Waals surface area contributed by atoms with Crippen molar-refractivity contribution in [2.75, 3.05) is 26.2 Å². The first kappa shape index (κ1) is 25.4. The van der Waals surface area contributed by atoms with E-state index in [4.69, 9.17) is 26.2 Å². The first-order valence-corrected chi connectivity index (χ1v) is 12.1. The molecule has 35 heavy (non-hydrogen) atoms. The van der Waals surface area contributed by atoms with E-state index in [1.165, 1.54) is 5.56 Å². The molecule has 5 nitrogen and oxygen atoms in total. The van der Waals surface area contributed by atoms with Gasteiger partial charge in [0.2, 0.25) is 0 Å². The number of carboxylic acids is 1. The van der Waals surface area contributed by atoms with Crippen molar-refractivity contribution in [1.29, 1.82) is 0 Å². The molecule has 0 saturated carbocycles. The van der Waals surface area contributed by atoms with Gasteiger partial charge in [-0.05, 0) is 55.3 Å². The van der Waals surface area contributed by atoms with E-state index < -0.39 is 5.97 Å². The Morgan fingerprint density at radius 3 is 2.54 bits per heavy atom. The number of carboxylic acid groups (broad SMARTS) is 1. The number of hydrogen-bond acceptors (Lipinski definition) is 4. The smallest absolute Gasteiger partial charge is 0.304 e. The van der Waals surface area contributed by atoms with Crippen LogP contribution in [0.2, 0.25) is 5.02 Å². The molecule has 1 N–H and O–H groups in total. The fourth-order valence-corrected chi connectivity index (χ4v) is 5.14. The first-order chi connectivity index (χ1) is 16.5. The molecule has 1 saturated heterocycles. The van der Waals surface area contributed by atoms with Gasteiger partial charge in [-0.25, -0.2) is 0 Å². The summed E-state index contributed by atoms with van der Waals surface area (Å²) in [4.78, 5) is 13.1. The molecule has 1 spiro atoms. The molecule has 0 radical (unpaired) electrons. The third-order valence-corrected chi connectivity index (χ3v) is 7.40. The number of piperidine rings is 1. The summed E-state index contributed by atoms with van der Waals surface area (Å²) in [5.41, 5.74) is 4.45. The summed E-state index contributed by atoms with van der Waals surface area (Å²) < 4.78 is 12.2. The topological polar surface area (TPSA) is 59.0 Å². The number of rotatable bonds is 7. The van der Waals surface area contributed by atoms with Gasteiger partial charge in [0.25, 0.3) is 0 Å². The molecule has 0 atom stereocenters. The van der Waals surface area contributed by atoms with Crippen molar-refractivity contribution in [2.24, 2.45) is 0 Å². The molecule has 5 rings (SSSR count). The lowest BCUT2D eigenvalue weighted by molar-refractivity contribution is -0.137. The number of hydrogen-bond donors (Lipinski definition) is 1. The monoisotopic (exact) mass is 513 g/mol. The summed E-state index contributed by atoms with van der Waals surface area (Å²) in [5, 5.41) is 9.62. The molecule has 0 unspecified atom stereocenters. The largest absolute Gasteiger partial charge is 0.492 e. The maximum Gasteiger partial charge on any atom is 0.304 e. The number of fused-ring (bicyclic) bond motifs is 2. The predicted molar refractivity (Wildman–Crippen MR) is 140 cm³/mol. The Labute approximate surface area is 217 Å². The summed E-state index contributed by atoms with van der Waals surface area (Å²) in [5.74, 6) is 0.909. The third kappa shape index (κ3) is 5.58. The summed E-state index contributed by atoms with van der Waals surface area (Å²) in [7, 11) is 0. The minimum absolute atomic E-state index is 0. The van der Waals surface area contributed by atoms with Crippen molar-refractivity contribution in [2.45, 2.75) is 31.3 Å². The second-order valence-electron chi connectivity index (χ2n) is 9.17. The van der Waals surface area contributed by atoms with E-state index in [9.17, 15) is 4.79 Å². The van der Waals surface area contributed by atoms with Gasteiger partial charge in [0.15, 0.2) is 0 Å². The van der Waals surface area contributed by atoms with Gasteiger partial charge in [0, 0.05) is 34.2 Å². The number of halogens is 2. The lowest BCUT2D eigenvalue weighted by Crippen LogP contribution is -2.44. The Hall–Kier alpha value is -2.73. The number of aliphatic carboxylic acids is 1. The van der Waals surface area contributed by atoms with E-state index in [1.807, 2.05) is 42.5 Å². The maximum atomic E-state index is 10.9. The number of benzene rings is 3. The fraction of sp³-hybridized carbons (Fsp3) is 0.321. The van der Waals surface area contributed by atoms with Gasteiger partial charge in [-0.3, -0.25) is 4.79 Å². The molecule has 2 aliphatic rings. The molecule has 0 amide bonds. The van der Waals surface area contributed by atoms with Crippen LogP contribution in [0.15, 0.2) is 66.7 Å². The highest BCUT2D eigenvalue weighted by atomic mass is 35.5. The second-order valence-corrected chi connectivity index (χ2v) is 9.58. The lowest BCUT2D eigenvalue weighted by Gasteiger charge is -2.38. The van der Waals surface area contributed by atoms with Crippen molar-refractivity contribution in [3.63, 3.8) is 0 Å². The highest BCUT2D eigenvalue weighted by molar-refractivity contribution is 6.31. The summed E-state index contributed by atoms with van der Waals surface area (Å²) in [6, 6.07) is 22.4. The average molecular weight is 514 g/mol. The van der Waals surface area contributed by atoms with E-state index in [1.54, 1.807) is 0 Å². The Morgan fingerprint density at radius 2 is 1.80 bits per heavy atom. The minimum atomic E-state index is -0.740. The molecule has 2 heterocycles. The second kappa shape index (κ2) is 10.9. The fourth-order valence-electron chi connectivity index (χ4n) is 4.97. The molecular formula is C28H29Cl2NO4. The summed E-state index contributed by atoms with van der Waals surface area (Å²) >= 11 is 6.45. The molecule has 3 aromatic carbocycles. The van der Waals surface area contributed by atoms with E-state index in [0.717, 1.165) is 54.1 Å². The van der Waals surface area contributed by atoms with Gasteiger partial charge in [0.05, 0.1) is 13.0 Å². The van der Waals surface area contributed by atoms with Crippen molar-refractivity contribution in [1.82, 2.24) is 4.90 Å². The Morgan fingerprint density at radius 1 is 1.03 bits per heavy atom. The van der Waals surface area contributed by atoms with Crippen LogP contribution in [0.25, 0.3) is 11.1 Å². The standard InChI is InChI=1S/C28H28ClNO4.ClH/c29-25-9-6-21(20-4-2-1-3-5-20)16-22(25)18-33-23-7-8-24-26(17-23)34-19-28(24)11-14-30(15-12-28)13-10-27(31)32;/h1-9,16-17H,10-15,18-19H2,(H,31,32);1H. The van der Waals surface area contributed by atoms with Crippen LogP contribution < -0.4 is 9.47 Å². The maximum absolute atomic E-state index is 10.9. The molecule has 0 bridgehead atoms. The zero-order chi connectivity index (χ0) is 23.5. The minimum Gasteiger partial charge on any atom is -0.492 e. The van der Waals surface area contributed by atoms with Gasteiger partial charge >= 0.3 is 5.97 Å². The van der Waals surface area contributed by atoms with Gasteiger partial charge in [0.1, 0.15) is 18.1 Å². The van der Waals surface area contributed by atoms with E-state index in [-0.39, 0.29) is 24.2 Å². The lowest BCUT2D eigenvalue weighted by atomic mass is 9.74. The van der Waals surface area contributed by atoms with Gasteiger partial charge in [-0.15, -0.1) is 12.4 Å². The van der Waals surface area contributed by atoms with Crippen molar-refractivity contribution >= 4 is 30.0 Å². The van der Waals surface area contributed by atoms with E-state index in [2.05, 4.69) is 29.2 Å². The average Bonchev–Trinajstić information content (AvgIpc) is 3.21. The van der Waals surface area contributed by atoms with Gasteiger partial charge in [-0.2, -0.15) is 0 Å². The molecule has 7 heteroatoms. The van der Waals surface area contributed by atoms with Crippen LogP contribution in [-0.4, -0.2) is 42.2 Å². The zero-order valence-electron chi connectivity index (χ0n) is 19.4. The SMILES string of the molecule is Cl.O=C(O)CCN1CCC2(CC1)COc1cc(OCc3cc(-c4ccccc4)ccc3Cl)ccc12. The van der Waals surface area contributed by atoms with Crippen LogP contribution in [0.3, 0.4) is 0 Å². The molecular weight excluding hydrogens is 485 g/mol. The first-order valence-electron chi connectivity index (χ1n) is 11.7. The van der Waals surface area contributed by atoms with Crippen molar-refractivity contribution in [3.05, 3.63) is 82.9 Å². The summed E-state index contributed by atoms with van der Waals surface area (Å²) in [6.45, 7) is 3.45. The number of ether oxygens (including phenoxy) is 2. The van der Waals surface area contributed by atoms with E-state index >= 15 is 0 Å². The van der Waals surface area contributed by atoms with Gasteiger partial charge in [-0.1, -0.05) is 54.1 Å². The van der Waals surface area contributed by atoms with Crippen LogP contribution in [-0.2, 0) is 16.8 Å². The Bertz CT molecular complexity index is 1180. The molecule has 184 valence electrons. The van der Waals surface area contributed by atoms with Crippen LogP contribution in [0, 0.1) is 0 Å². The van der Waals surface area contributed by atoms with Crippen LogP contribution in [0.5, 0.6) is 11.5 Å². The Kier molecular flexibility index (Phi) is 7.90. The molecule has 0 aliphatic carbocycles. The number of carbonyl (C=O) groups is 1. The molecule has 1 fully saturated rings. The zero-order valence-corrected chi connectivity index (χ0v) is 21.0. The van der Waals surface area contributed by atoms with Crippen LogP contribution >= 0.6 is 24.0 Å². The van der Waals surface area contributed by atoms with Crippen molar-refractivity contribution < 1.29 is 19.4 Å². The van der Waals surface area contributed by atoms with Gasteiger partial charge < -0.3 is 19.5 Å². The highest BCUT2D eigenvalue weighted by Gasteiger charge is 2.43. The molecule has 0 aromatic heterocycles. The number of likely N-dealkylation sites (tertiary alicyclic amines) is 1. The normalized spacial score (nSPS) is 16.3. The predicted octanol–water partition coefficient (Wildman–Crippen LogP) is 6.21. The van der Waals surface area contributed by atoms with Crippen LogP contribution in [0.4, 0.5) is 0 Å². The Balaban J connectivity index is 0.00000289. The molecule has 3 aromatic rings.